The van der Waals surface area contributed by atoms with Gasteiger partial charge in [0.1, 0.15) is 11.5 Å². The van der Waals surface area contributed by atoms with Crippen molar-refractivity contribution < 1.29 is 14.3 Å². The Bertz CT molecular complexity index is 919. The summed E-state index contributed by atoms with van der Waals surface area (Å²) in [6.45, 7) is 0.995. The summed E-state index contributed by atoms with van der Waals surface area (Å²) in [4.78, 5) is 20.7. The summed E-state index contributed by atoms with van der Waals surface area (Å²) in [5, 5.41) is 13.8. The second-order valence-corrected chi connectivity index (χ2v) is 5.97. The molecule has 1 aliphatic rings. The third-order valence-corrected chi connectivity index (χ3v) is 4.38. The van der Waals surface area contributed by atoms with Crippen molar-refractivity contribution in [3.05, 3.63) is 65.8 Å². The van der Waals surface area contributed by atoms with Crippen molar-refractivity contribution in [3.63, 3.8) is 0 Å². The fourth-order valence-electron chi connectivity index (χ4n) is 3.21. The number of aromatic amines is 1. The highest BCUT2D eigenvalue weighted by atomic mass is 19.1. The highest BCUT2D eigenvalue weighted by molar-refractivity contribution is 5.75. The molecule has 0 radical (unpaired) electrons. The minimum atomic E-state index is -0.936. The Balaban J connectivity index is 1.59. The van der Waals surface area contributed by atoms with Crippen molar-refractivity contribution in [2.24, 2.45) is 0 Å². The number of nitrogens with zero attached hydrogens (tertiary/aromatic N) is 4. The average Bonchev–Trinajstić information content (AvgIpc) is 3.24. The fraction of sp³-hybridized carbons (Fsp3) is 0.235. The lowest BCUT2D eigenvalue weighted by molar-refractivity contribution is -0.144. The molecular formula is C17H16FN5O2. The first-order chi connectivity index (χ1) is 12.1. The first kappa shape index (κ1) is 15.5. The standard InChI is InChI=1S/C17H16FN5O2/c18-12-3-1-2-4-14(12)23-9-11(7-21-23)8-22-6-5-13-15(20-10-19-13)16(22)17(24)25/h1-4,7,9-10,16H,5-6,8H2,(H,19,20)(H,24,25)/t16-/m0/s1. The first-order valence-corrected chi connectivity index (χ1v) is 7.91. The van der Waals surface area contributed by atoms with Crippen LogP contribution in [0.3, 0.4) is 0 Å². The quantitative estimate of drug-likeness (QED) is 0.757. The summed E-state index contributed by atoms with van der Waals surface area (Å²) in [6.07, 6.45) is 5.59. The number of aromatic nitrogens is 4. The number of imidazole rings is 1. The van der Waals surface area contributed by atoms with Gasteiger partial charge >= 0.3 is 5.97 Å². The van der Waals surface area contributed by atoms with Crippen LogP contribution in [-0.2, 0) is 17.8 Å². The minimum Gasteiger partial charge on any atom is -0.480 e. The van der Waals surface area contributed by atoms with Gasteiger partial charge in [0, 0.05) is 37.0 Å². The summed E-state index contributed by atoms with van der Waals surface area (Å²) < 4.78 is 15.3. The second-order valence-electron chi connectivity index (χ2n) is 5.97. The molecule has 25 heavy (non-hydrogen) atoms. The number of halogens is 1. The van der Waals surface area contributed by atoms with Crippen molar-refractivity contribution in [1.82, 2.24) is 24.6 Å². The molecule has 0 amide bonds. The van der Waals surface area contributed by atoms with Crippen molar-refractivity contribution in [1.29, 1.82) is 0 Å². The topological polar surface area (TPSA) is 87.0 Å². The predicted octanol–water partition coefficient (Wildman–Crippen LogP) is 1.92. The highest BCUT2D eigenvalue weighted by Gasteiger charge is 2.35. The number of hydrogen-bond donors (Lipinski definition) is 2. The normalized spacial score (nSPS) is 17.4. The van der Waals surface area contributed by atoms with E-state index in [4.69, 9.17) is 0 Å². The van der Waals surface area contributed by atoms with E-state index in [1.807, 2.05) is 4.90 Å². The van der Waals surface area contributed by atoms with Crippen LogP contribution in [-0.4, -0.2) is 42.3 Å². The zero-order valence-corrected chi connectivity index (χ0v) is 13.3. The Morgan fingerprint density at radius 2 is 2.24 bits per heavy atom. The van der Waals surface area contributed by atoms with Crippen LogP contribution in [0.4, 0.5) is 4.39 Å². The van der Waals surface area contributed by atoms with Crippen molar-refractivity contribution in [2.45, 2.75) is 19.0 Å². The average molecular weight is 341 g/mol. The lowest BCUT2D eigenvalue weighted by atomic mass is 10.0. The number of fused-ring (bicyclic) bond motifs is 1. The summed E-state index contributed by atoms with van der Waals surface area (Å²) in [5.41, 5.74) is 2.59. The molecule has 0 fully saturated rings. The van der Waals surface area contributed by atoms with Crippen molar-refractivity contribution in [3.8, 4) is 5.69 Å². The van der Waals surface area contributed by atoms with E-state index in [2.05, 4.69) is 15.1 Å². The van der Waals surface area contributed by atoms with Crippen LogP contribution < -0.4 is 0 Å². The molecule has 0 saturated heterocycles. The SMILES string of the molecule is O=C(O)[C@@H]1c2nc[nH]c2CCN1Cc1cnn(-c2ccccc2F)c1. The van der Waals surface area contributed by atoms with Gasteiger partial charge in [-0.15, -0.1) is 0 Å². The summed E-state index contributed by atoms with van der Waals surface area (Å²) in [5.74, 6) is -1.30. The van der Waals surface area contributed by atoms with Crippen LogP contribution in [0, 0.1) is 5.82 Å². The minimum absolute atomic E-state index is 0.358. The third kappa shape index (κ3) is 2.80. The Morgan fingerprint density at radius 1 is 1.40 bits per heavy atom. The molecule has 1 atom stereocenters. The van der Waals surface area contributed by atoms with Crippen LogP contribution in [0.25, 0.3) is 5.69 Å². The van der Waals surface area contributed by atoms with Gasteiger partial charge < -0.3 is 10.1 Å². The van der Waals surface area contributed by atoms with Gasteiger partial charge in [-0.05, 0) is 12.1 Å². The molecule has 0 unspecified atom stereocenters. The number of hydrogen-bond acceptors (Lipinski definition) is 4. The van der Waals surface area contributed by atoms with Gasteiger partial charge in [0.2, 0.25) is 0 Å². The van der Waals surface area contributed by atoms with E-state index in [-0.39, 0.29) is 5.82 Å². The van der Waals surface area contributed by atoms with Gasteiger partial charge in [-0.25, -0.2) is 14.1 Å². The second kappa shape index (κ2) is 6.14. The molecule has 8 heteroatoms. The van der Waals surface area contributed by atoms with Gasteiger partial charge in [0.25, 0.3) is 0 Å². The van der Waals surface area contributed by atoms with E-state index in [0.29, 0.717) is 30.9 Å². The zero-order chi connectivity index (χ0) is 17.4. The van der Waals surface area contributed by atoms with E-state index in [1.54, 1.807) is 30.6 Å². The molecule has 128 valence electrons. The molecule has 1 aromatic carbocycles. The number of carboxylic acid groups (broad SMARTS) is 1. The molecule has 7 nitrogen and oxygen atoms in total. The molecular weight excluding hydrogens is 325 g/mol. The maximum Gasteiger partial charge on any atom is 0.327 e. The largest absolute Gasteiger partial charge is 0.480 e. The molecule has 1 aliphatic heterocycles. The Kier molecular flexibility index (Phi) is 3.81. The zero-order valence-electron chi connectivity index (χ0n) is 13.3. The maximum absolute atomic E-state index is 13.9. The summed E-state index contributed by atoms with van der Waals surface area (Å²) >= 11 is 0. The number of carbonyl (C=O) groups is 1. The van der Waals surface area contributed by atoms with Crippen LogP contribution >= 0.6 is 0 Å². The monoisotopic (exact) mass is 341 g/mol. The molecule has 2 aromatic heterocycles. The molecule has 0 bridgehead atoms. The fourth-order valence-corrected chi connectivity index (χ4v) is 3.21. The van der Waals surface area contributed by atoms with Gasteiger partial charge in [0.15, 0.2) is 6.04 Å². The van der Waals surface area contributed by atoms with Crippen molar-refractivity contribution in [2.75, 3.05) is 6.54 Å². The smallest absolute Gasteiger partial charge is 0.327 e. The Morgan fingerprint density at radius 3 is 3.04 bits per heavy atom. The number of benzene rings is 1. The van der Waals surface area contributed by atoms with Gasteiger partial charge in [-0.1, -0.05) is 12.1 Å². The predicted molar refractivity (Wildman–Crippen MR) is 86.6 cm³/mol. The number of carboxylic acids is 1. The van der Waals surface area contributed by atoms with Crippen LogP contribution in [0.1, 0.15) is 23.0 Å². The molecule has 2 N–H and O–H groups in total. The van der Waals surface area contributed by atoms with E-state index in [1.165, 1.54) is 17.1 Å². The molecule has 3 heterocycles. The number of para-hydroxylation sites is 1. The van der Waals surface area contributed by atoms with Crippen LogP contribution in [0.5, 0.6) is 0 Å². The Hall–Kier alpha value is -3.00. The lowest BCUT2D eigenvalue weighted by Crippen LogP contribution is -2.39. The van der Waals surface area contributed by atoms with Crippen LogP contribution in [0.2, 0.25) is 0 Å². The van der Waals surface area contributed by atoms with E-state index in [0.717, 1.165) is 11.3 Å². The van der Waals surface area contributed by atoms with E-state index in [9.17, 15) is 14.3 Å². The molecule has 0 aliphatic carbocycles. The molecule has 0 spiro atoms. The number of H-pyrrole nitrogens is 1. The first-order valence-electron chi connectivity index (χ1n) is 7.91. The highest BCUT2D eigenvalue weighted by Crippen LogP contribution is 2.29. The molecule has 0 saturated carbocycles. The van der Waals surface area contributed by atoms with Gasteiger partial charge in [-0.3, -0.25) is 9.69 Å². The number of rotatable bonds is 4. The van der Waals surface area contributed by atoms with Gasteiger partial charge in [0.05, 0.1) is 18.2 Å². The molecule has 4 rings (SSSR count). The van der Waals surface area contributed by atoms with Crippen LogP contribution in [0.15, 0.2) is 43.0 Å². The lowest BCUT2D eigenvalue weighted by Gasteiger charge is -2.31. The van der Waals surface area contributed by atoms with E-state index < -0.39 is 12.0 Å². The Labute approximate surface area is 142 Å². The number of aliphatic carboxylic acids is 1. The van der Waals surface area contributed by atoms with Gasteiger partial charge in [-0.2, -0.15) is 5.10 Å². The maximum atomic E-state index is 13.9. The third-order valence-electron chi connectivity index (χ3n) is 4.38. The summed E-state index contributed by atoms with van der Waals surface area (Å²) in [7, 11) is 0. The molecule has 3 aromatic rings. The number of nitrogens with one attached hydrogen (secondary N) is 1. The van der Waals surface area contributed by atoms with E-state index >= 15 is 0 Å². The summed E-state index contributed by atoms with van der Waals surface area (Å²) in [6, 6.07) is 5.58. The van der Waals surface area contributed by atoms with Crippen molar-refractivity contribution >= 4 is 5.97 Å².